The monoisotopic (exact) mass is 167 g/mol. The molecule has 0 radical (unpaired) electrons. The number of carbonyl (C=O) groups excluding carboxylic acids is 1. The van der Waals surface area contributed by atoms with E-state index in [1.54, 1.807) is 0 Å². The van der Waals surface area contributed by atoms with Crippen molar-refractivity contribution < 1.29 is 22.5 Å². The Morgan fingerprint density at radius 2 is 2.00 bits per heavy atom. The summed E-state index contributed by atoms with van der Waals surface area (Å²) < 4.78 is 34.2. The van der Waals surface area contributed by atoms with E-state index >= 15 is 0 Å². The van der Waals surface area contributed by atoms with Crippen LogP contribution in [-0.2, 0) is 19.6 Å². The highest BCUT2D eigenvalue weighted by Crippen LogP contribution is 1.98. The molecule has 10 heavy (non-hydrogen) atoms. The lowest BCUT2D eigenvalue weighted by Gasteiger charge is -2.14. The molecule has 0 aromatic heterocycles. The quantitative estimate of drug-likeness (QED) is 0.406. The van der Waals surface area contributed by atoms with Gasteiger partial charge in [0.1, 0.15) is 10.1 Å². The van der Waals surface area contributed by atoms with Crippen LogP contribution in [0.5, 0.6) is 0 Å². The highest BCUT2D eigenvalue weighted by atomic mass is 32.2. The molecule has 0 aromatic carbocycles. The van der Waals surface area contributed by atoms with E-state index in [1.165, 1.54) is 0 Å². The standard InChI is InChI=1S/C4H8O5S/c1-3(5)9-4(2)10(6,7)8/h4H,1-2H3,(H,6,7,8)/p-1. The first-order chi connectivity index (χ1) is 4.34. The normalized spacial score (nSPS) is 14.3. The maximum absolute atomic E-state index is 10.1. The number of rotatable bonds is 2. The molecule has 0 aliphatic rings. The number of hydrogen-bond acceptors (Lipinski definition) is 5. The van der Waals surface area contributed by atoms with Crippen LogP contribution in [0.2, 0.25) is 0 Å². The molecule has 0 N–H and O–H groups in total. The van der Waals surface area contributed by atoms with E-state index in [0.717, 1.165) is 13.8 Å². The first-order valence-corrected chi connectivity index (χ1v) is 3.93. The number of carbonyl (C=O) groups is 1. The van der Waals surface area contributed by atoms with Crippen molar-refractivity contribution in [1.82, 2.24) is 0 Å². The van der Waals surface area contributed by atoms with Crippen molar-refractivity contribution in [3.05, 3.63) is 0 Å². The SMILES string of the molecule is CC(=O)OC(C)S(=O)(=O)[O-]. The molecule has 1 unspecified atom stereocenters. The third-order valence-corrected chi connectivity index (χ3v) is 1.65. The summed E-state index contributed by atoms with van der Waals surface area (Å²) in [7, 11) is -4.49. The lowest BCUT2D eigenvalue weighted by Crippen LogP contribution is -2.22. The molecule has 0 saturated carbocycles. The highest BCUT2D eigenvalue weighted by molar-refractivity contribution is 7.86. The van der Waals surface area contributed by atoms with E-state index in [0.29, 0.717) is 0 Å². The van der Waals surface area contributed by atoms with Crippen LogP contribution in [0.1, 0.15) is 13.8 Å². The van der Waals surface area contributed by atoms with Crippen molar-refractivity contribution in [2.24, 2.45) is 0 Å². The maximum atomic E-state index is 10.1. The molecule has 0 aliphatic heterocycles. The topological polar surface area (TPSA) is 83.5 Å². The summed E-state index contributed by atoms with van der Waals surface area (Å²) in [6, 6.07) is 0. The summed E-state index contributed by atoms with van der Waals surface area (Å²) in [5.74, 6) is -0.785. The smallest absolute Gasteiger partial charge is 0.303 e. The van der Waals surface area contributed by atoms with Crippen molar-refractivity contribution in [3.63, 3.8) is 0 Å². The molecule has 0 spiro atoms. The van der Waals surface area contributed by atoms with E-state index in [-0.39, 0.29) is 0 Å². The molecule has 0 aromatic rings. The highest BCUT2D eigenvalue weighted by Gasteiger charge is 2.11. The van der Waals surface area contributed by atoms with Gasteiger partial charge in [-0.1, -0.05) is 0 Å². The van der Waals surface area contributed by atoms with Gasteiger partial charge in [-0.05, 0) is 6.92 Å². The third-order valence-electron chi connectivity index (χ3n) is 0.738. The average molecular weight is 167 g/mol. The molecule has 0 fully saturated rings. The fourth-order valence-corrected chi connectivity index (χ4v) is 0.546. The summed E-state index contributed by atoms with van der Waals surface area (Å²) in [5, 5.41) is 0. The van der Waals surface area contributed by atoms with Crippen molar-refractivity contribution in [1.29, 1.82) is 0 Å². The zero-order chi connectivity index (χ0) is 8.36. The lowest BCUT2D eigenvalue weighted by molar-refractivity contribution is -0.142. The van der Waals surface area contributed by atoms with Crippen LogP contribution < -0.4 is 0 Å². The Morgan fingerprint density at radius 1 is 1.60 bits per heavy atom. The second kappa shape index (κ2) is 2.98. The summed E-state index contributed by atoms with van der Waals surface area (Å²) in [6.45, 7) is 2.03. The molecule has 0 amide bonds. The van der Waals surface area contributed by atoms with Gasteiger partial charge in [-0.15, -0.1) is 0 Å². The van der Waals surface area contributed by atoms with Crippen LogP contribution in [-0.4, -0.2) is 24.4 Å². The molecular weight excluding hydrogens is 160 g/mol. The van der Waals surface area contributed by atoms with E-state index in [1.807, 2.05) is 0 Å². The Kier molecular flexibility index (Phi) is 2.79. The van der Waals surface area contributed by atoms with Gasteiger partial charge in [0.25, 0.3) is 0 Å². The van der Waals surface area contributed by atoms with Crippen LogP contribution in [0.4, 0.5) is 0 Å². The molecule has 5 nitrogen and oxygen atoms in total. The third kappa shape index (κ3) is 3.41. The predicted molar refractivity (Wildman–Crippen MR) is 30.9 cm³/mol. The van der Waals surface area contributed by atoms with Gasteiger partial charge < -0.3 is 9.29 Å². The largest absolute Gasteiger partial charge is 0.745 e. The average Bonchev–Trinajstić information content (AvgIpc) is 1.60. The molecule has 0 rings (SSSR count). The zero-order valence-corrected chi connectivity index (χ0v) is 6.34. The van der Waals surface area contributed by atoms with E-state index < -0.39 is 21.5 Å². The summed E-state index contributed by atoms with van der Waals surface area (Å²) in [4.78, 5) is 10.1. The van der Waals surface area contributed by atoms with Gasteiger partial charge in [0, 0.05) is 6.92 Å². The van der Waals surface area contributed by atoms with E-state index in [4.69, 9.17) is 0 Å². The van der Waals surface area contributed by atoms with Crippen molar-refractivity contribution in [3.8, 4) is 0 Å². The van der Waals surface area contributed by atoms with Crippen molar-refractivity contribution in [2.45, 2.75) is 19.3 Å². The summed E-state index contributed by atoms with van der Waals surface area (Å²) in [5.41, 5.74) is -1.59. The predicted octanol–water partition coefficient (Wildman–Crippen LogP) is -0.559. The molecule has 0 heterocycles. The van der Waals surface area contributed by atoms with Gasteiger partial charge >= 0.3 is 5.97 Å². The maximum Gasteiger partial charge on any atom is 0.303 e. The minimum Gasteiger partial charge on any atom is -0.745 e. The molecule has 0 bridgehead atoms. The fourth-order valence-electron chi connectivity index (χ4n) is 0.293. The fraction of sp³-hybridized carbons (Fsp3) is 0.750. The van der Waals surface area contributed by atoms with Gasteiger partial charge in [0.05, 0.1) is 0 Å². The molecule has 60 valence electrons. The minimum absolute atomic E-state index is 0.785. The molecule has 0 aliphatic carbocycles. The molecule has 6 heteroatoms. The van der Waals surface area contributed by atoms with Crippen LogP contribution in [0, 0.1) is 0 Å². The summed E-state index contributed by atoms with van der Waals surface area (Å²) in [6.07, 6.45) is 0. The van der Waals surface area contributed by atoms with Crippen LogP contribution in [0.15, 0.2) is 0 Å². The Morgan fingerprint density at radius 3 is 2.10 bits per heavy atom. The van der Waals surface area contributed by atoms with Crippen LogP contribution in [0.3, 0.4) is 0 Å². The van der Waals surface area contributed by atoms with Crippen molar-refractivity contribution in [2.75, 3.05) is 0 Å². The Hall–Kier alpha value is -0.620. The number of esters is 1. The Balaban J connectivity index is 4.12. The first kappa shape index (κ1) is 9.38. The second-order valence-corrected chi connectivity index (χ2v) is 3.32. The Labute approximate surface area is 58.7 Å². The van der Waals surface area contributed by atoms with E-state index in [2.05, 4.69) is 4.74 Å². The van der Waals surface area contributed by atoms with Gasteiger partial charge in [0.15, 0.2) is 5.44 Å². The summed E-state index contributed by atoms with van der Waals surface area (Å²) >= 11 is 0. The number of ether oxygens (including phenoxy) is 1. The first-order valence-electron chi connectivity index (χ1n) is 2.46. The van der Waals surface area contributed by atoms with Gasteiger partial charge in [0.2, 0.25) is 0 Å². The number of hydrogen-bond donors (Lipinski definition) is 0. The zero-order valence-electron chi connectivity index (χ0n) is 5.53. The molecule has 0 saturated heterocycles. The molecule has 1 atom stereocenters. The second-order valence-electron chi connectivity index (χ2n) is 1.67. The van der Waals surface area contributed by atoms with Crippen LogP contribution >= 0.6 is 0 Å². The van der Waals surface area contributed by atoms with Crippen molar-refractivity contribution >= 4 is 16.1 Å². The lowest BCUT2D eigenvalue weighted by atomic mass is 10.8. The van der Waals surface area contributed by atoms with Gasteiger partial charge in [-0.25, -0.2) is 8.42 Å². The molecular formula is C4H7O5S-. The van der Waals surface area contributed by atoms with Gasteiger partial charge in [-0.3, -0.25) is 4.79 Å². The minimum atomic E-state index is -4.49. The van der Waals surface area contributed by atoms with Crippen LogP contribution in [0.25, 0.3) is 0 Å². The van der Waals surface area contributed by atoms with E-state index in [9.17, 15) is 17.8 Å². The Bertz CT molecular complexity index is 216. The van der Waals surface area contributed by atoms with Gasteiger partial charge in [-0.2, -0.15) is 0 Å².